The molecule has 150 valence electrons. The number of piperidine rings is 1. The minimum absolute atomic E-state index is 0.111. The third kappa shape index (κ3) is 3.77. The van der Waals surface area contributed by atoms with Crippen LogP contribution >= 0.6 is 0 Å². The molecule has 28 heavy (non-hydrogen) atoms. The maximum Gasteiger partial charge on any atom is 0.169 e. The van der Waals surface area contributed by atoms with E-state index in [4.69, 9.17) is 10.5 Å². The minimum atomic E-state index is -0.111. The zero-order valence-corrected chi connectivity index (χ0v) is 16.6. The summed E-state index contributed by atoms with van der Waals surface area (Å²) in [5.74, 6) is 0.599. The van der Waals surface area contributed by atoms with Crippen molar-refractivity contribution in [2.24, 2.45) is 0 Å². The number of aromatic nitrogens is 2. The van der Waals surface area contributed by atoms with Gasteiger partial charge in [0.15, 0.2) is 5.82 Å². The first kappa shape index (κ1) is 19.0. The first-order chi connectivity index (χ1) is 13.4. The molecular weight excluding hydrogens is 354 g/mol. The molecule has 2 aromatic rings. The van der Waals surface area contributed by atoms with Gasteiger partial charge in [-0.15, -0.1) is 10.2 Å². The molecule has 7 heteroatoms. The number of benzene rings is 1. The largest absolute Gasteiger partial charge is 0.507 e. The molecule has 0 aliphatic carbocycles. The average Bonchev–Trinajstić information content (AvgIpc) is 2.82. The standard InChI is InChI=1S/C21H29N5O2/c1-20(2)9-12-28-21(14-23-20)7-10-26(11-8-21)17-13-16(24-25-19(17)22)15-5-3-4-6-18(15)27/h3-6,13,23,27H,7-12,14H2,1-2H3,(H2,22,25). The number of para-hydroxylation sites is 1. The maximum atomic E-state index is 10.1. The van der Waals surface area contributed by atoms with Gasteiger partial charge in [0.1, 0.15) is 5.75 Å². The number of phenols is 1. The van der Waals surface area contributed by atoms with E-state index in [1.165, 1.54) is 0 Å². The summed E-state index contributed by atoms with van der Waals surface area (Å²) in [6, 6.07) is 9.06. The van der Waals surface area contributed by atoms with Gasteiger partial charge in [0.2, 0.25) is 0 Å². The van der Waals surface area contributed by atoms with Crippen LogP contribution in [-0.4, -0.2) is 52.7 Å². The van der Waals surface area contributed by atoms with Gasteiger partial charge in [-0.3, -0.25) is 0 Å². The summed E-state index contributed by atoms with van der Waals surface area (Å²) < 4.78 is 6.31. The van der Waals surface area contributed by atoms with E-state index < -0.39 is 0 Å². The SMILES string of the molecule is CC1(C)CCOC2(CCN(c3cc(-c4ccccc4O)nnc3N)CC2)CN1. The first-order valence-electron chi connectivity index (χ1n) is 9.93. The van der Waals surface area contributed by atoms with Gasteiger partial charge >= 0.3 is 0 Å². The van der Waals surface area contributed by atoms with Crippen LogP contribution in [0.4, 0.5) is 11.5 Å². The van der Waals surface area contributed by atoms with Crippen LogP contribution in [0.3, 0.4) is 0 Å². The van der Waals surface area contributed by atoms with Crippen molar-refractivity contribution < 1.29 is 9.84 Å². The Bertz CT molecular complexity index is 846. The highest BCUT2D eigenvalue weighted by Gasteiger charge is 2.39. The number of aromatic hydroxyl groups is 1. The van der Waals surface area contributed by atoms with Gasteiger partial charge in [-0.05, 0) is 51.3 Å². The fraction of sp³-hybridized carbons (Fsp3) is 0.524. The van der Waals surface area contributed by atoms with E-state index in [-0.39, 0.29) is 16.9 Å². The molecule has 2 saturated heterocycles. The molecule has 4 rings (SSSR count). The summed E-state index contributed by atoms with van der Waals surface area (Å²) >= 11 is 0. The number of nitrogen functional groups attached to an aromatic ring is 1. The molecule has 4 N–H and O–H groups in total. The van der Waals surface area contributed by atoms with Crippen molar-refractivity contribution in [3.8, 4) is 17.0 Å². The zero-order chi connectivity index (χ0) is 19.8. The highest BCUT2D eigenvalue weighted by molar-refractivity contribution is 5.74. The van der Waals surface area contributed by atoms with Gasteiger partial charge in [-0.2, -0.15) is 0 Å². The van der Waals surface area contributed by atoms with Crippen LogP contribution in [-0.2, 0) is 4.74 Å². The second kappa shape index (κ2) is 7.22. The van der Waals surface area contributed by atoms with Crippen molar-refractivity contribution in [1.29, 1.82) is 0 Å². The van der Waals surface area contributed by atoms with Crippen molar-refractivity contribution in [3.05, 3.63) is 30.3 Å². The zero-order valence-electron chi connectivity index (χ0n) is 16.6. The Kier molecular flexibility index (Phi) is 4.89. The molecule has 1 aromatic carbocycles. The van der Waals surface area contributed by atoms with E-state index in [1.807, 2.05) is 18.2 Å². The number of nitrogens with one attached hydrogen (secondary N) is 1. The van der Waals surface area contributed by atoms with Crippen LogP contribution in [0.1, 0.15) is 33.1 Å². The average molecular weight is 383 g/mol. The number of phenolic OH excluding ortho intramolecular Hbond substituents is 1. The number of ether oxygens (including phenoxy) is 1. The van der Waals surface area contributed by atoms with Crippen molar-refractivity contribution in [3.63, 3.8) is 0 Å². The lowest BCUT2D eigenvalue weighted by Crippen LogP contribution is -2.53. The smallest absolute Gasteiger partial charge is 0.169 e. The van der Waals surface area contributed by atoms with Crippen LogP contribution in [0.25, 0.3) is 11.3 Å². The molecule has 3 heterocycles. The van der Waals surface area contributed by atoms with Crippen molar-refractivity contribution in [2.75, 3.05) is 36.9 Å². The van der Waals surface area contributed by atoms with Crippen LogP contribution in [0, 0.1) is 0 Å². The molecule has 2 aliphatic rings. The van der Waals surface area contributed by atoms with Gasteiger partial charge in [0, 0.05) is 37.3 Å². The number of anilines is 2. The van der Waals surface area contributed by atoms with Crippen LogP contribution in [0.2, 0.25) is 0 Å². The fourth-order valence-corrected chi connectivity index (χ4v) is 4.01. The summed E-state index contributed by atoms with van der Waals surface area (Å²) in [6.07, 6.45) is 2.89. The van der Waals surface area contributed by atoms with E-state index in [1.54, 1.807) is 12.1 Å². The lowest BCUT2D eigenvalue weighted by Gasteiger charge is -2.42. The van der Waals surface area contributed by atoms with Gasteiger partial charge in [-0.25, -0.2) is 0 Å². The predicted octanol–water partition coefficient (Wildman–Crippen LogP) is 2.56. The Hall–Kier alpha value is -2.38. The Labute approximate surface area is 165 Å². The predicted molar refractivity (Wildman–Crippen MR) is 110 cm³/mol. The first-order valence-corrected chi connectivity index (χ1v) is 9.93. The van der Waals surface area contributed by atoms with Crippen LogP contribution in [0.15, 0.2) is 30.3 Å². The van der Waals surface area contributed by atoms with E-state index in [2.05, 4.69) is 34.3 Å². The van der Waals surface area contributed by atoms with E-state index >= 15 is 0 Å². The monoisotopic (exact) mass is 383 g/mol. The summed E-state index contributed by atoms with van der Waals surface area (Å²) in [5.41, 5.74) is 8.30. The molecule has 1 spiro atoms. The molecule has 0 saturated carbocycles. The molecule has 0 unspecified atom stereocenters. The molecule has 0 bridgehead atoms. The van der Waals surface area contributed by atoms with E-state index in [9.17, 15) is 5.11 Å². The third-order valence-corrected chi connectivity index (χ3v) is 6.02. The van der Waals surface area contributed by atoms with Crippen LogP contribution < -0.4 is 16.0 Å². The normalized spacial score (nSPS) is 21.4. The number of hydrogen-bond donors (Lipinski definition) is 3. The lowest BCUT2D eigenvalue weighted by atomic mass is 9.90. The van der Waals surface area contributed by atoms with Crippen molar-refractivity contribution >= 4 is 11.5 Å². The number of hydrogen-bond acceptors (Lipinski definition) is 7. The molecule has 0 radical (unpaired) electrons. The van der Waals surface area contributed by atoms with Gasteiger partial charge in [-0.1, -0.05) is 12.1 Å². The maximum absolute atomic E-state index is 10.1. The molecular formula is C21H29N5O2. The van der Waals surface area contributed by atoms with Gasteiger partial charge in [0.05, 0.1) is 17.0 Å². The highest BCUT2D eigenvalue weighted by atomic mass is 16.5. The number of nitrogens with zero attached hydrogens (tertiary/aromatic N) is 3. The van der Waals surface area contributed by atoms with Gasteiger partial charge in [0.25, 0.3) is 0 Å². The Morgan fingerprint density at radius 1 is 1.14 bits per heavy atom. The molecule has 7 nitrogen and oxygen atoms in total. The molecule has 0 atom stereocenters. The lowest BCUT2D eigenvalue weighted by molar-refractivity contribution is -0.0497. The molecule has 2 fully saturated rings. The minimum Gasteiger partial charge on any atom is -0.507 e. The second-order valence-electron chi connectivity index (χ2n) is 8.52. The number of rotatable bonds is 2. The van der Waals surface area contributed by atoms with Gasteiger partial charge < -0.3 is 25.8 Å². The summed E-state index contributed by atoms with van der Waals surface area (Å²) in [7, 11) is 0. The molecule has 0 amide bonds. The highest BCUT2D eigenvalue weighted by Crippen LogP contribution is 2.35. The summed E-state index contributed by atoms with van der Waals surface area (Å²) in [4.78, 5) is 2.25. The van der Waals surface area contributed by atoms with Crippen LogP contribution in [0.5, 0.6) is 5.75 Å². The summed E-state index contributed by atoms with van der Waals surface area (Å²) in [5, 5.41) is 22.1. The fourth-order valence-electron chi connectivity index (χ4n) is 4.01. The topological polar surface area (TPSA) is 96.5 Å². The molecule has 1 aromatic heterocycles. The second-order valence-corrected chi connectivity index (χ2v) is 8.52. The third-order valence-electron chi connectivity index (χ3n) is 6.02. The Morgan fingerprint density at radius 2 is 1.89 bits per heavy atom. The Balaban J connectivity index is 1.52. The van der Waals surface area contributed by atoms with E-state index in [0.29, 0.717) is 17.1 Å². The number of nitrogens with two attached hydrogens (primary N) is 1. The van der Waals surface area contributed by atoms with Crippen molar-refractivity contribution in [1.82, 2.24) is 15.5 Å². The molecule has 2 aliphatic heterocycles. The van der Waals surface area contributed by atoms with Crippen molar-refractivity contribution in [2.45, 2.75) is 44.2 Å². The quantitative estimate of drug-likeness (QED) is 0.733. The summed E-state index contributed by atoms with van der Waals surface area (Å²) in [6.45, 7) is 7.82. The van der Waals surface area contributed by atoms with E-state index in [0.717, 1.165) is 51.2 Å². The Morgan fingerprint density at radius 3 is 2.64 bits per heavy atom.